The van der Waals surface area contributed by atoms with Crippen molar-refractivity contribution >= 4 is 22.5 Å². The van der Waals surface area contributed by atoms with Crippen molar-refractivity contribution in [3.05, 3.63) is 60.1 Å². The lowest BCUT2D eigenvalue weighted by Gasteiger charge is -2.03. The second kappa shape index (κ2) is 5.73. The van der Waals surface area contributed by atoms with Gasteiger partial charge in [0.05, 0.1) is 24.1 Å². The number of fused-ring (bicyclic) bond motifs is 1. The number of halogens is 1. The summed E-state index contributed by atoms with van der Waals surface area (Å²) in [7, 11) is 0. The Morgan fingerprint density at radius 1 is 1.25 bits per heavy atom. The van der Waals surface area contributed by atoms with Crippen molar-refractivity contribution in [2.24, 2.45) is 0 Å². The van der Waals surface area contributed by atoms with Crippen LogP contribution in [0.4, 0.5) is 15.9 Å². The molecule has 0 unspecified atom stereocenters. The molecular formula is C16H14FN7. The molecule has 3 heterocycles. The van der Waals surface area contributed by atoms with E-state index in [9.17, 15) is 4.39 Å². The van der Waals surface area contributed by atoms with Gasteiger partial charge in [0.2, 0.25) is 0 Å². The zero-order chi connectivity index (χ0) is 16.5. The molecule has 0 aliphatic carbocycles. The van der Waals surface area contributed by atoms with Crippen LogP contribution in [-0.2, 0) is 6.54 Å². The average molecular weight is 323 g/mol. The quantitative estimate of drug-likeness (QED) is 0.603. The van der Waals surface area contributed by atoms with E-state index in [2.05, 4.69) is 30.6 Å². The minimum Gasteiger partial charge on any atom is -0.336 e. The van der Waals surface area contributed by atoms with E-state index >= 15 is 0 Å². The van der Waals surface area contributed by atoms with E-state index in [0.717, 1.165) is 22.5 Å². The highest BCUT2D eigenvalue weighted by Crippen LogP contribution is 2.22. The number of nitrogens with zero attached hydrogens (tertiary/aromatic N) is 5. The maximum absolute atomic E-state index is 13.2. The van der Waals surface area contributed by atoms with E-state index in [4.69, 9.17) is 0 Å². The van der Waals surface area contributed by atoms with Gasteiger partial charge in [-0.15, -0.1) is 0 Å². The van der Waals surface area contributed by atoms with Crippen molar-refractivity contribution in [2.75, 3.05) is 5.32 Å². The SMILES string of the molecule is Cc1[nH]nc2c(Nc3cnn(Cc4cccc(F)c4)c3)ncnc12. The fourth-order valence-corrected chi connectivity index (χ4v) is 2.52. The van der Waals surface area contributed by atoms with Crippen LogP contribution in [0.15, 0.2) is 43.0 Å². The van der Waals surface area contributed by atoms with Crippen molar-refractivity contribution in [3.8, 4) is 0 Å². The standard InChI is InChI=1S/C16H14FN7/c1-10-14-15(23-22-10)16(19-9-18-14)21-13-6-20-24(8-13)7-11-3-2-4-12(17)5-11/h2-6,8-9H,7H2,1H3,(H,22,23)(H,18,19,21). The van der Waals surface area contributed by atoms with Crippen molar-refractivity contribution in [1.82, 2.24) is 29.9 Å². The zero-order valence-electron chi connectivity index (χ0n) is 12.9. The summed E-state index contributed by atoms with van der Waals surface area (Å²) in [4.78, 5) is 8.44. The van der Waals surface area contributed by atoms with Crippen LogP contribution >= 0.6 is 0 Å². The molecule has 120 valence electrons. The van der Waals surface area contributed by atoms with E-state index in [0.29, 0.717) is 17.9 Å². The van der Waals surface area contributed by atoms with Gasteiger partial charge >= 0.3 is 0 Å². The highest BCUT2D eigenvalue weighted by atomic mass is 19.1. The van der Waals surface area contributed by atoms with Crippen LogP contribution in [0.1, 0.15) is 11.3 Å². The van der Waals surface area contributed by atoms with Gasteiger partial charge in [-0.05, 0) is 24.6 Å². The average Bonchev–Trinajstić information content (AvgIpc) is 3.16. The predicted molar refractivity (Wildman–Crippen MR) is 87.4 cm³/mol. The Morgan fingerprint density at radius 3 is 3.04 bits per heavy atom. The van der Waals surface area contributed by atoms with Gasteiger partial charge in [0.15, 0.2) is 11.3 Å². The number of aryl methyl sites for hydroxylation is 1. The maximum atomic E-state index is 13.2. The molecule has 0 saturated heterocycles. The predicted octanol–water partition coefficient (Wildman–Crippen LogP) is 2.79. The molecule has 7 nitrogen and oxygen atoms in total. The molecule has 0 atom stereocenters. The summed E-state index contributed by atoms with van der Waals surface area (Å²) in [6, 6.07) is 6.46. The Hall–Kier alpha value is -3.29. The van der Waals surface area contributed by atoms with Crippen molar-refractivity contribution in [1.29, 1.82) is 0 Å². The first kappa shape index (κ1) is 14.3. The largest absolute Gasteiger partial charge is 0.336 e. The molecule has 2 N–H and O–H groups in total. The van der Waals surface area contributed by atoms with Crippen molar-refractivity contribution in [3.63, 3.8) is 0 Å². The molecule has 0 amide bonds. The van der Waals surface area contributed by atoms with Crippen LogP contribution in [-0.4, -0.2) is 29.9 Å². The first-order valence-electron chi connectivity index (χ1n) is 7.38. The second-order valence-corrected chi connectivity index (χ2v) is 5.45. The molecule has 0 aliphatic heterocycles. The molecule has 0 spiro atoms. The fraction of sp³-hybridized carbons (Fsp3) is 0.125. The molecule has 8 heteroatoms. The number of benzene rings is 1. The summed E-state index contributed by atoms with van der Waals surface area (Å²) in [5, 5.41) is 14.6. The van der Waals surface area contributed by atoms with Gasteiger partial charge in [0.1, 0.15) is 17.7 Å². The Kier molecular flexibility index (Phi) is 3.42. The number of aromatic amines is 1. The number of hydrogen-bond acceptors (Lipinski definition) is 5. The molecule has 0 saturated carbocycles. The minimum atomic E-state index is -0.254. The fourth-order valence-electron chi connectivity index (χ4n) is 2.52. The summed E-state index contributed by atoms with van der Waals surface area (Å²) in [5.74, 6) is 0.352. The van der Waals surface area contributed by atoms with Crippen LogP contribution in [0.2, 0.25) is 0 Å². The van der Waals surface area contributed by atoms with Gasteiger partial charge in [0.25, 0.3) is 0 Å². The molecule has 3 aromatic heterocycles. The first-order chi connectivity index (χ1) is 11.7. The Bertz CT molecular complexity index is 1000. The maximum Gasteiger partial charge on any atom is 0.162 e. The summed E-state index contributed by atoms with van der Waals surface area (Å²) < 4.78 is 15.0. The first-order valence-corrected chi connectivity index (χ1v) is 7.38. The minimum absolute atomic E-state index is 0.254. The Morgan fingerprint density at radius 2 is 2.17 bits per heavy atom. The van der Waals surface area contributed by atoms with Gasteiger partial charge in [-0.1, -0.05) is 12.1 Å². The molecule has 0 radical (unpaired) electrons. The molecule has 24 heavy (non-hydrogen) atoms. The van der Waals surface area contributed by atoms with E-state index in [-0.39, 0.29) is 5.82 Å². The smallest absolute Gasteiger partial charge is 0.162 e. The van der Waals surface area contributed by atoms with Gasteiger partial charge in [-0.3, -0.25) is 9.78 Å². The lowest BCUT2D eigenvalue weighted by molar-refractivity contribution is 0.619. The number of anilines is 2. The van der Waals surface area contributed by atoms with E-state index in [1.807, 2.05) is 19.2 Å². The van der Waals surface area contributed by atoms with Crippen LogP contribution in [0.5, 0.6) is 0 Å². The third-order valence-electron chi connectivity index (χ3n) is 3.64. The summed E-state index contributed by atoms with van der Waals surface area (Å²) in [5.41, 5.74) is 3.95. The molecule has 0 aliphatic rings. The second-order valence-electron chi connectivity index (χ2n) is 5.45. The van der Waals surface area contributed by atoms with Crippen molar-refractivity contribution < 1.29 is 4.39 Å². The molecule has 4 rings (SSSR count). The molecule has 0 fully saturated rings. The Labute approximate surface area is 136 Å². The molecule has 1 aromatic carbocycles. The number of nitrogens with one attached hydrogen (secondary N) is 2. The van der Waals surface area contributed by atoms with E-state index in [1.165, 1.54) is 18.5 Å². The van der Waals surface area contributed by atoms with Crippen LogP contribution in [0, 0.1) is 12.7 Å². The third-order valence-corrected chi connectivity index (χ3v) is 3.64. The highest BCUT2D eigenvalue weighted by Gasteiger charge is 2.10. The number of hydrogen-bond donors (Lipinski definition) is 2. The van der Waals surface area contributed by atoms with E-state index < -0.39 is 0 Å². The molecular weight excluding hydrogens is 309 g/mol. The number of rotatable bonds is 4. The number of aromatic nitrogens is 6. The molecule has 4 aromatic rings. The van der Waals surface area contributed by atoms with E-state index in [1.54, 1.807) is 16.9 Å². The van der Waals surface area contributed by atoms with Crippen LogP contribution in [0.3, 0.4) is 0 Å². The summed E-state index contributed by atoms with van der Waals surface area (Å²) in [6.45, 7) is 2.39. The number of H-pyrrole nitrogens is 1. The van der Waals surface area contributed by atoms with Gasteiger partial charge in [0, 0.05) is 6.20 Å². The molecule has 0 bridgehead atoms. The normalized spacial score (nSPS) is 11.1. The topological polar surface area (TPSA) is 84.3 Å². The lowest BCUT2D eigenvalue weighted by atomic mass is 10.2. The Balaban J connectivity index is 1.56. The monoisotopic (exact) mass is 323 g/mol. The van der Waals surface area contributed by atoms with Crippen molar-refractivity contribution in [2.45, 2.75) is 13.5 Å². The highest BCUT2D eigenvalue weighted by molar-refractivity contribution is 5.88. The zero-order valence-corrected chi connectivity index (χ0v) is 12.9. The lowest BCUT2D eigenvalue weighted by Crippen LogP contribution is -2.00. The van der Waals surface area contributed by atoms with Gasteiger partial charge < -0.3 is 5.32 Å². The summed E-state index contributed by atoms with van der Waals surface area (Å²) >= 11 is 0. The third kappa shape index (κ3) is 2.69. The van der Waals surface area contributed by atoms with Crippen LogP contribution in [0.25, 0.3) is 11.0 Å². The van der Waals surface area contributed by atoms with Gasteiger partial charge in [-0.25, -0.2) is 14.4 Å². The van der Waals surface area contributed by atoms with Gasteiger partial charge in [-0.2, -0.15) is 10.2 Å². The van der Waals surface area contributed by atoms with Crippen LogP contribution < -0.4 is 5.32 Å². The summed E-state index contributed by atoms with van der Waals surface area (Å²) in [6.07, 6.45) is 5.01.